The second kappa shape index (κ2) is 5.55. The molecule has 0 saturated carbocycles. The summed E-state index contributed by atoms with van der Waals surface area (Å²) in [4.78, 5) is 0. The van der Waals surface area contributed by atoms with E-state index in [0.717, 1.165) is 25.6 Å². The Kier molecular flexibility index (Phi) is 5.51. The third-order valence-electron chi connectivity index (χ3n) is 2.48. The highest BCUT2D eigenvalue weighted by Gasteiger charge is 2.18. The quantitative estimate of drug-likeness (QED) is 0.614. The van der Waals surface area contributed by atoms with Crippen molar-refractivity contribution in [2.75, 3.05) is 26.7 Å². The summed E-state index contributed by atoms with van der Waals surface area (Å²) < 4.78 is 0. The predicted molar refractivity (Wildman–Crippen MR) is 55.4 cm³/mol. The number of nitrogens with one attached hydrogen (secondary N) is 2. The van der Waals surface area contributed by atoms with Crippen LogP contribution in [0.2, 0.25) is 0 Å². The molecule has 0 heterocycles. The maximum atomic E-state index is 3.43. The molecule has 1 atom stereocenters. The van der Waals surface area contributed by atoms with Gasteiger partial charge in [0.2, 0.25) is 0 Å². The summed E-state index contributed by atoms with van der Waals surface area (Å²) in [6.45, 7) is 12.4. The van der Waals surface area contributed by atoms with E-state index in [1.807, 2.05) is 7.05 Å². The van der Waals surface area contributed by atoms with Gasteiger partial charge in [0.05, 0.1) is 0 Å². The molecule has 0 rings (SSSR count). The first-order chi connectivity index (χ1) is 5.48. The molecule has 74 valence electrons. The zero-order chi connectivity index (χ0) is 9.61. The van der Waals surface area contributed by atoms with Gasteiger partial charge in [0, 0.05) is 13.1 Å². The highest BCUT2D eigenvalue weighted by atomic mass is 14.9. The molecule has 0 aliphatic rings. The molecule has 0 aromatic carbocycles. The number of hydrogen-bond donors (Lipinski definition) is 2. The average molecular weight is 172 g/mol. The maximum Gasteiger partial charge on any atom is 0.00767 e. The summed E-state index contributed by atoms with van der Waals surface area (Å²) in [5.41, 5.74) is 0.423. The van der Waals surface area contributed by atoms with Gasteiger partial charge in [-0.3, -0.25) is 0 Å². The van der Waals surface area contributed by atoms with Crippen molar-refractivity contribution in [1.29, 1.82) is 0 Å². The van der Waals surface area contributed by atoms with E-state index in [-0.39, 0.29) is 0 Å². The fourth-order valence-corrected chi connectivity index (χ4v) is 0.838. The summed E-state index contributed by atoms with van der Waals surface area (Å²) >= 11 is 0. The van der Waals surface area contributed by atoms with Gasteiger partial charge < -0.3 is 10.6 Å². The van der Waals surface area contributed by atoms with Gasteiger partial charge in [-0.15, -0.1) is 0 Å². The van der Waals surface area contributed by atoms with Crippen molar-refractivity contribution in [3.05, 3.63) is 0 Å². The standard InChI is InChI=1S/C10H24N2/c1-9(10(2,3)4)8-12-7-6-11-5/h9,11-12H,6-8H2,1-5H3. The van der Waals surface area contributed by atoms with Gasteiger partial charge in [-0.25, -0.2) is 0 Å². The van der Waals surface area contributed by atoms with Crippen LogP contribution in [0, 0.1) is 11.3 Å². The lowest BCUT2D eigenvalue weighted by molar-refractivity contribution is 0.253. The molecule has 0 fully saturated rings. The zero-order valence-corrected chi connectivity index (χ0v) is 9.20. The summed E-state index contributed by atoms with van der Waals surface area (Å²) in [6, 6.07) is 0. The van der Waals surface area contributed by atoms with E-state index in [0.29, 0.717) is 5.41 Å². The van der Waals surface area contributed by atoms with Crippen molar-refractivity contribution < 1.29 is 0 Å². The van der Waals surface area contributed by atoms with E-state index in [1.54, 1.807) is 0 Å². The second-order valence-corrected chi connectivity index (χ2v) is 4.57. The molecular formula is C10H24N2. The van der Waals surface area contributed by atoms with Crippen molar-refractivity contribution in [3.63, 3.8) is 0 Å². The molecule has 0 bridgehead atoms. The second-order valence-electron chi connectivity index (χ2n) is 4.57. The number of likely N-dealkylation sites (N-methyl/N-ethyl adjacent to an activating group) is 1. The molecule has 0 saturated heterocycles. The lowest BCUT2D eigenvalue weighted by atomic mass is 9.82. The first-order valence-electron chi connectivity index (χ1n) is 4.83. The van der Waals surface area contributed by atoms with Gasteiger partial charge in [0.25, 0.3) is 0 Å². The highest BCUT2D eigenvalue weighted by molar-refractivity contribution is 4.71. The Morgan fingerprint density at radius 3 is 2.17 bits per heavy atom. The van der Waals surface area contributed by atoms with Gasteiger partial charge >= 0.3 is 0 Å². The Hall–Kier alpha value is -0.0800. The largest absolute Gasteiger partial charge is 0.318 e. The van der Waals surface area contributed by atoms with E-state index in [9.17, 15) is 0 Å². The molecule has 0 aromatic heterocycles. The van der Waals surface area contributed by atoms with Crippen molar-refractivity contribution in [2.45, 2.75) is 27.7 Å². The minimum atomic E-state index is 0.423. The fourth-order valence-electron chi connectivity index (χ4n) is 0.838. The molecule has 0 aliphatic heterocycles. The SMILES string of the molecule is CNCCNCC(C)C(C)(C)C. The Morgan fingerprint density at radius 2 is 1.75 bits per heavy atom. The normalized spacial score (nSPS) is 14.8. The molecule has 2 heteroatoms. The van der Waals surface area contributed by atoms with Crippen LogP contribution in [0.4, 0.5) is 0 Å². The predicted octanol–water partition coefficient (Wildman–Crippen LogP) is 1.48. The smallest absolute Gasteiger partial charge is 0.00767 e. The van der Waals surface area contributed by atoms with Gasteiger partial charge in [-0.05, 0) is 24.9 Å². The van der Waals surface area contributed by atoms with Gasteiger partial charge in [-0.1, -0.05) is 27.7 Å². The monoisotopic (exact) mass is 172 g/mol. The van der Waals surface area contributed by atoms with Gasteiger partial charge in [0.1, 0.15) is 0 Å². The molecule has 0 aromatic rings. The zero-order valence-electron chi connectivity index (χ0n) is 9.20. The first kappa shape index (κ1) is 11.9. The third-order valence-corrected chi connectivity index (χ3v) is 2.48. The molecule has 0 aliphatic carbocycles. The van der Waals surface area contributed by atoms with Gasteiger partial charge in [-0.2, -0.15) is 0 Å². The van der Waals surface area contributed by atoms with Crippen LogP contribution < -0.4 is 10.6 Å². The van der Waals surface area contributed by atoms with Crippen molar-refractivity contribution >= 4 is 0 Å². The van der Waals surface area contributed by atoms with Crippen LogP contribution in [-0.4, -0.2) is 26.7 Å². The van der Waals surface area contributed by atoms with E-state index in [1.165, 1.54) is 0 Å². The van der Waals surface area contributed by atoms with E-state index in [2.05, 4.69) is 38.3 Å². The lowest BCUT2D eigenvalue weighted by Crippen LogP contribution is -2.33. The van der Waals surface area contributed by atoms with Crippen molar-refractivity contribution in [2.24, 2.45) is 11.3 Å². The van der Waals surface area contributed by atoms with Gasteiger partial charge in [0.15, 0.2) is 0 Å². The maximum absolute atomic E-state index is 3.43. The molecule has 2 N–H and O–H groups in total. The molecule has 0 spiro atoms. The minimum absolute atomic E-state index is 0.423. The molecule has 12 heavy (non-hydrogen) atoms. The number of rotatable bonds is 5. The van der Waals surface area contributed by atoms with Crippen LogP contribution >= 0.6 is 0 Å². The Morgan fingerprint density at radius 1 is 1.17 bits per heavy atom. The summed E-state index contributed by atoms with van der Waals surface area (Å²) in [5.74, 6) is 0.731. The highest BCUT2D eigenvalue weighted by Crippen LogP contribution is 2.24. The summed E-state index contributed by atoms with van der Waals surface area (Å²) in [5, 5.41) is 6.55. The first-order valence-corrected chi connectivity index (χ1v) is 4.83. The van der Waals surface area contributed by atoms with Crippen LogP contribution in [0.5, 0.6) is 0 Å². The van der Waals surface area contributed by atoms with E-state index >= 15 is 0 Å². The van der Waals surface area contributed by atoms with Crippen molar-refractivity contribution in [1.82, 2.24) is 10.6 Å². The average Bonchev–Trinajstić information content (AvgIpc) is 1.96. The molecule has 0 radical (unpaired) electrons. The van der Waals surface area contributed by atoms with Crippen LogP contribution in [0.3, 0.4) is 0 Å². The fraction of sp³-hybridized carbons (Fsp3) is 1.00. The van der Waals surface area contributed by atoms with E-state index in [4.69, 9.17) is 0 Å². The molecule has 2 nitrogen and oxygen atoms in total. The minimum Gasteiger partial charge on any atom is -0.318 e. The van der Waals surface area contributed by atoms with Crippen LogP contribution in [0.25, 0.3) is 0 Å². The molecule has 0 amide bonds. The molecular weight excluding hydrogens is 148 g/mol. The summed E-state index contributed by atoms with van der Waals surface area (Å²) in [7, 11) is 1.98. The van der Waals surface area contributed by atoms with Crippen LogP contribution in [0.15, 0.2) is 0 Å². The van der Waals surface area contributed by atoms with Crippen LogP contribution in [0.1, 0.15) is 27.7 Å². The lowest BCUT2D eigenvalue weighted by Gasteiger charge is -2.27. The van der Waals surface area contributed by atoms with Crippen molar-refractivity contribution in [3.8, 4) is 0 Å². The third kappa shape index (κ3) is 5.56. The Bertz CT molecular complexity index is 105. The Labute approximate surface area is 77.1 Å². The van der Waals surface area contributed by atoms with E-state index < -0.39 is 0 Å². The number of hydrogen-bond acceptors (Lipinski definition) is 2. The molecule has 1 unspecified atom stereocenters. The topological polar surface area (TPSA) is 24.1 Å². The Balaban J connectivity index is 3.38. The van der Waals surface area contributed by atoms with Crippen LogP contribution in [-0.2, 0) is 0 Å². The summed E-state index contributed by atoms with van der Waals surface area (Å²) in [6.07, 6.45) is 0.